The van der Waals surface area contributed by atoms with E-state index in [1.807, 2.05) is 0 Å². The first-order chi connectivity index (χ1) is 6.68. The Hall–Kier alpha value is -1.25. The van der Waals surface area contributed by atoms with Crippen LogP contribution in [0.25, 0.3) is 0 Å². The van der Waals surface area contributed by atoms with Crippen LogP contribution in [-0.4, -0.2) is 18.1 Å². The average Bonchev–Trinajstić information content (AvgIpc) is 2.16. The second kappa shape index (κ2) is 3.48. The summed E-state index contributed by atoms with van der Waals surface area (Å²) < 4.78 is 0. The van der Waals surface area contributed by atoms with Gasteiger partial charge >= 0.3 is 0 Å². The predicted octanol–water partition coefficient (Wildman–Crippen LogP) is 2.35. The van der Waals surface area contributed by atoms with Crippen molar-refractivity contribution in [3.05, 3.63) is 17.3 Å². The smallest absolute Gasteiger partial charge is 0.149 e. The van der Waals surface area contributed by atoms with Crippen LogP contribution in [0.2, 0.25) is 0 Å². The van der Waals surface area contributed by atoms with Gasteiger partial charge in [0.1, 0.15) is 5.82 Å². The Bertz CT molecular complexity index is 345. The molecule has 2 rings (SSSR count). The third-order valence-electron chi connectivity index (χ3n) is 2.61. The van der Waals surface area contributed by atoms with Gasteiger partial charge in [0.15, 0.2) is 0 Å². The molecule has 0 aromatic carbocycles. The molecule has 0 radical (unpaired) electrons. The Balaban J connectivity index is 2.45. The minimum Gasteiger partial charge on any atom is -0.380 e. The second-order valence-electron chi connectivity index (χ2n) is 4.07. The molecular formula is C11H17N3. The predicted molar refractivity (Wildman–Crippen MR) is 60.0 cm³/mol. The highest BCUT2D eigenvalue weighted by Gasteiger charge is 2.13. The van der Waals surface area contributed by atoms with Crippen LogP contribution in [0.15, 0.2) is 6.07 Å². The molecule has 0 aliphatic carbocycles. The van der Waals surface area contributed by atoms with Gasteiger partial charge in [0.25, 0.3) is 0 Å². The molecule has 0 fully saturated rings. The number of pyridine rings is 1. The van der Waals surface area contributed by atoms with Gasteiger partial charge in [0, 0.05) is 18.8 Å². The zero-order valence-corrected chi connectivity index (χ0v) is 9.02. The molecule has 2 heterocycles. The van der Waals surface area contributed by atoms with Crippen molar-refractivity contribution in [3.63, 3.8) is 0 Å². The third-order valence-corrected chi connectivity index (χ3v) is 2.61. The van der Waals surface area contributed by atoms with Gasteiger partial charge in [-0.1, -0.05) is 13.8 Å². The number of anilines is 2. The fourth-order valence-electron chi connectivity index (χ4n) is 1.85. The Labute approximate surface area is 84.9 Å². The van der Waals surface area contributed by atoms with E-state index in [1.165, 1.54) is 5.56 Å². The molecule has 14 heavy (non-hydrogen) atoms. The van der Waals surface area contributed by atoms with Crippen molar-refractivity contribution in [2.75, 3.05) is 23.7 Å². The Morgan fingerprint density at radius 3 is 2.71 bits per heavy atom. The standard InChI is InChI=1S/C11H17N3/c1-7(2)9-6-10-11(14-8(9)3)13-5-4-12-10/h6-7,12H,4-5H2,1-3H3,(H,13,14). The van der Waals surface area contributed by atoms with Crippen LogP contribution < -0.4 is 10.6 Å². The number of aromatic nitrogens is 1. The number of nitrogens with zero attached hydrogens (tertiary/aromatic N) is 1. The highest BCUT2D eigenvalue weighted by molar-refractivity contribution is 5.68. The van der Waals surface area contributed by atoms with Crippen LogP contribution in [0.1, 0.15) is 31.0 Å². The molecule has 0 bridgehead atoms. The van der Waals surface area contributed by atoms with Gasteiger partial charge in [0.2, 0.25) is 0 Å². The topological polar surface area (TPSA) is 37.0 Å². The molecule has 76 valence electrons. The third kappa shape index (κ3) is 1.54. The van der Waals surface area contributed by atoms with Crippen LogP contribution >= 0.6 is 0 Å². The number of aryl methyl sites for hydroxylation is 1. The van der Waals surface area contributed by atoms with E-state index in [1.54, 1.807) is 0 Å². The molecule has 0 unspecified atom stereocenters. The number of fused-ring (bicyclic) bond motifs is 1. The van der Waals surface area contributed by atoms with Crippen molar-refractivity contribution in [1.82, 2.24) is 4.98 Å². The van der Waals surface area contributed by atoms with Crippen LogP contribution in [0, 0.1) is 6.92 Å². The summed E-state index contributed by atoms with van der Waals surface area (Å²) in [6, 6.07) is 2.22. The minimum atomic E-state index is 0.538. The molecule has 3 heteroatoms. The monoisotopic (exact) mass is 191 g/mol. The van der Waals surface area contributed by atoms with Crippen molar-refractivity contribution < 1.29 is 0 Å². The molecule has 0 amide bonds. The fourth-order valence-corrected chi connectivity index (χ4v) is 1.85. The maximum Gasteiger partial charge on any atom is 0.149 e. The summed E-state index contributed by atoms with van der Waals surface area (Å²) in [4.78, 5) is 4.56. The molecule has 0 saturated heterocycles. The van der Waals surface area contributed by atoms with Gasteiger partial charge in [-0.15, -0.1) is 0 Å². The van der Waals surface area contributed by atoms with E-state index >= 15 is 0 Å². The average molecular weight is 191 g/mol. The Morgan fingerprint density at radius 2 is 2.00 bits per heavy atom. The van der Waals surface area contributed by atoms with Crippen molar-refractivity contribution in [3.8, 4) is 0 Å². The van der Waals surface area contributed by atoms with Crippen molar-refractivity contribution >= 4 is 11.5 Å². The molecule has 1 aromatic heterocycles. The number of hydrogen-bond donors (Lipinski definition) is 2. The van der Waals surface area contributed by atoms with Gasteiger partial charge in [0.05, 0.1) is 5.69 Å². The van der Waals surface area contributed by atoms with E-state index in [9.17, 15) is 0 Å². The summed E-state index contributed by atoms with van der Waals surface area (Å²) in [5.74, 6) is 1.54. The first-order valence-corrected chi connectivity index (χ1v) is 5.18. The lowest BCUT2D eigenvalue weighted by Gasteiger charge is -2.21. The van der Waals surface area contributed by atoms with Gasteiger partial charge < -0.3 is 10.6 Å². The number of hydrogen-bond acceptors (Lipinski definition) is 3. The van der Waals surface area contributed by atoms with E-state index in [2.05, 4.69) is 42.5 Å². The fraction of sp³-hybridized carbons (Fsp3) is 0.545. The highest BCUT2D eigenvalue weighted by atomic mass is 15.1. The summed E-state index contributed by atoms with van der Waals surface area (Å²) in [6.45, 7) is 8.42. The van der Waals surface area contributed by atoms with Gasteiger partial charge in [-0.3, -0.25) is 0 Å². The Morgan fingerprint density at radius 1 is 1.29 bits per heavy atom. The lowest BCUT2D eigenvalue weighted by atomic mass is 10.0. The van der Waals surface area contributed by atoms with Crippen molar-refractivity contribution in [1.29, 1.82) is 0 Å². The highest BCUT2D eigenvalue weighted by Crippen LogP contribution is 2.28. The summed E-state index contributed by atoms with van der Waals surface area (Å²) in [5.41, 5.74) is 3.61. The van der Waals surface area contributed by atoms with Crippen molar-refractivity contribution in [2.24, 2.45) is 0 Å². The first-order valence-electron chi connectivity index (χ1n) is 5.18. The molecule has 0 saturated carbocycles. The minimum absolute atomic E-state index is 0.538. The summed E-state index contributed by atoms with van der Waals surface area (Å²) >= 11 is 0. The molecule has 1 aliphatic heterocycles. The van der Waals surface area contributed by atoms with E-state index in [-0.39, 0.29) is 0 Å². The van der Waals surface area contributed by atoms with E-state index < -0.39 is 0 Å². The Kier molecular flexibility index (Phi) is 2.32. The van der Waals surface area contributed by atoms with Crippen LogP contribution in [0.4, 0.5) is 11.5 Å². The molecule has 0 spiro atoms. The molecule has 3 nitrogen and oxygen atoms in total. The number of nitrogens with one attached hydrogen (secondary N) is 2. The molecule has 1 aromatic rings. The quantitative estimate of drug-likeness (QED) is 0.715. The molecule has 2 N–H and O–H groups in total. The largest absolute Gasteiger partial charge is 0.380 e. The van der Waals surface area contributed by atoms with Crippen LogP contribution in [0.3, 0.4) is 0 Å². The SMILES string of the molecule is Cc1nc2c(cc1C(C)C)NCCN2. The molecule has 0 atom stereocenters. The zero-order chi connectivity index (χ0) is 10.1. The van der Waals surface area contributed by atoms with Crippen LogP contribution in [-0.2, 0) is 0 Å². The number of rotatable bonds is 1. The zero-order valence-electron chi connectivity index (χ0n) is 9.02. The van der Waals surface area contributed by atoms with E-state index in [0.717, 1.165) is 30.3 Å². The maximum absolute atomic E-state index is 4.56. The maximum atomic E-state index is 4.56. The van der Waals surface area contributed by atoms with Gasteiger partial charge in [-0.2, -0.15) is 0 Å². The summed E-state index contributed by atoms with van der Waals surface area (Å²) in [5, 5.41) is 6.66. The van der Waals surface area contributed by atoms with Gasteiger partial charge in [-0.25, -0.2) is 4.98 Å². The summed E-state index contributed by atoms with van der Waals surface area (Å²) in [6.07, 6.45) is 0. The normalized spacial score (nSPS) is 14.6. The molecule has 1 aliphatic rings. The first kappa shape index (κ1) is 9.31. The lowest BCUT2D eigenvalue weighted by Crippen LogP contribution is -2.22. The van der Waals surface area contributed by atoms with Crippen molar-refractivity contribution in [2.45, 2.75) is 26.7 Å². The summed E-state index contributed by atoms with van der Waals surface area (Å²) in [7, 11) is 0. The van der Waals surface area contributed by atoms with Crippen LogP contribution in [0.5, 0.6) is 0 Å². The lowest BCUT2D eigenvalue weighted by molar-refractivity contribution is 0.840. The van der Waals surface area contributed by atoms with E-state index in [0.29, 0.717) is 5.92 Å². The second-order valence-corrected chi connectivity index (χ2v) is 4.07. The molecular weight excluding hydrogens is 174 g/mol. The van der Waals surface area contributed by atoms with E-state index in [4.69, 9.17) is 0 Å². The van der Waals surface area contributed by atoms with Gasteiger partial charge in [-0.05, 0) is 24.5 Å².